The van der Waals surface area contributed by atoms with Crippen LogP contribution in [0.2, 0.25) is 0 Å². The maximum atomic E-state index is 12.9. The van der Waals surface area contributed by atoms with Crippen molar-refractivity contribution in [3.63, 3.8) is 0 Å². The number of nitro groups is 1. The molecule has 32 heavy (non-hydrogen) atoms. The van der Waals surface area contributed by atoms with Crippen molar-refractivity contribution in [1.29, 1.82) is 0 Å². The number of carbonyl (C=O) groups excluding carboxylic acids is 1. The van der Waals surface area contributed by atoms with E-state index in [0.29, 0.717) is 11.5 Å². The molecule has 1 amide bonds. The van der Waals surface area contributed by atoms with Gasteiger partial charge in [-0.15, -0.1) is 0 Å². The van der Waals surface area contributed by atoms with Crippen LogP contribution in [0.1, 0.15) is 54.6 Å². The summed E-state index contributed by atoms with van der Waals surface area (Å²) in [6, 6.07) is 7.52. The number of nitrogens with one attached hydrogen (secondary N) is 1. The Morgan fingerprint density at radius 2 is 1.59 bits per heavy atom. The molecule has 1 saturated carbocycles. The van der Waals surface area contributed by atoms with Crippen molar-refractivity contribution in [3.05, 3.63) is 51.6 Å². The second-order valence-corrected chi connectivity index (χ2v) is 7.61. The third-order valence-corrected chi connectivity index (χ3v) is 5.57. The van der Waals surface area contributed by atoms with Crippen molar-refractivity contribution in [2.45, 2.75) is 44.8 Å². The van der Waals surface area contributed by atoms with E-state index in [2.05, 4.69) is 5.32 Å². The first-order valence-corrected chi connectivity index (χ1v) is 10.4. The molecule has 1 atom stereocenters. The smallest absolute Gasteiger partial charge is 0.286 e. The summed E-state index contributed by atoms with van der Waals surface area (Å²) in [6.45, 7) is 1.79. The highest BCUT2D eigenvalue weighted by Crippen LogP contribution is 2.36. The summed E-state index contributed by atoms with van der Waals surface area (Å²) in [4.78, 5) is 23.8. The number of nitrogens with zero attached hydrogens (tertiary/aromatic N) is 1. The highest BCUT2D eigenvalue weighted by atomic mass is 16.6. The molecular formula is C23H28N2O7. The summed E-state index contributed by atoms with van der Waals surface area (Å²) in [5.41, 5.74) is 0.287. The summed E-state index contributed by atoms with van der Waals surface area (Å²) < 4.78 is 21.8. The Labute approximate surface area is 186 Å². The van der Waals surface area contributed by atoms with E-state index < -0.39 is 16.9 Å². The Morgan fingerprint density at radius 3 is 2.19 bits per heavy atom. The lowest BCUT2D eigenvalue weighted by Gasteiger charge is -2.19. The van der Waals surface area contributed by atoms with Gasteiger partial charge in [-0.25, -0.2) is 0 Å². The molecule has 1 unspecified atom stereocenters. The molecule has 0 saturated heterocycles. The Balaban J connectivity index is 1.81. The average Bonchev–Trinajstić information content (AvgIpc) is 3.31. The quantitative estimate of drug-likeness (QED) is 0.450. The molecular weight excluding hydrogens is 416 g/mol. The SMILES string of the molecule is COc1cc(C(=O)NC(C)c2ccc(OC3CCCC3)c(OC)c2)c([N+](=O)[O-])cc1OC. The molecule has 1 aliphatic carbocycles. The second kappa shape index (κ2) is 10.2. The fourth-order valence-corrected chi connectivity index (χ4v) is 3.80. The van der Waals surface area contributed by atoms with Gasteiger partial charge in [-0.2, -0.15) is 0 Å². The van der Waals surface area contributed by atoms with Gasteiger partial charge < -0.3 is 24.3 Å². The van der Waals surface area contributed by atoms with Gasteiger partial charge in [-0.05, 0) is 50.3 Å². The first kappa shape index (κ1) is 23.2. The summed E-state index contributed by atoms with van der Waals surface area (Å²) in [5, 5.41) is 14.3. The number of carbonyl (C=O) groups is 1. The fraction of sp³-hybridized carbons (Fsp3) is 0.435. The minimum atomic E-state index is -0.625. The molecule has 172 valence electrons. The monoisotopic (exact) mass is 444 g/mol. The van der Waals surface area contributed by atoms with Crippen molar-refractivity contribution in [2.75, 3.05) is 21.3 Å². The van der Waals surface area contributed by atoms with E-state index in [9.17, 15) is 14.9 Å². The van der Waals surface area contributed by atoms with Crippen LogP contribution in [-0.4, -0.2) is 38.3 Å². The Morgan fingerprint density at radius 1 is 1.00 bits per heavy atom. The Bertz CT molecular complexity index is 987. The lowest BCUT2D eigenvalue weighted by molar-refractivity contribution is -0.385. The van der Waals surface area contributed by atoms with Gasteiger partial charge in [0.2, 0.25) is 0 Å². The van der Waals surface area contributed by atoms with Gasteiger partial charge in [0.25, 0.3) is 11.6 Å². The molecule has 0 heterocycles. The summed E-state index contributed by atoms with van der Waals surface area (Å²) >= 11 is 0. The van der Waals surface area contributed by atoms with E-state index in [1.165, 1.54) is 26.4 Å². The molecule has 0 aromatic heterocycles. The average molecular weight is 444 g/mol. The summed E-state index contributed by atoms with van der Waals surface area (Å²) in [7, 11) is 4.34. The Kier molecular flexibility index (Phi) is 7.40. The number of ether oxygens (including phenoxy) is 4. The third-order valence-electron chi connectivity index (χ3n) is 5.57. The largest absolute Gasteiger partial charge is 0.493 e. The first-order chi connectivity index (χ1) is 15.4. The van der Waals surface area contributed by atoms with Crippen LogP contribution >= 0.6 is 0 Å². The fourth-order valence-electron chi connectivity index (χ4n) is 3.80. The molecule has 0 aliphatic heterocycles. The van der Waals surface area contributed by atoms with Crippen molar-refractivity contribution in [3.8, 4) is 23.0 Å². The van der Waals surface area contributed by atoms with E-state index >= 15 is 0 Å². The van der Waals surface area contributed by atoms with Gasteiger partial charge in [0, 0.05) is 6.07 Å². The van der Waals surface area contributed by atoms with Crippen molar-refractivity contribution in [1.82, 2.24) is 5.32 Å². The number of hydrogen-bond donors (Lipinski definition) is 1. The van der Waals surface area contributed by atoms with Crippen LogP contribution in [0.25, 0.3) is 0 Å². The van der Waals surface area contributed by atoms with E-state index in [-0.39, 0.29) is 28.9 Å². The molecule has 0 spiro atoms. The van der Waals surface area contributed by atoms with Crippen molar-refractivity contribution >= 4 is 11.6 Å². The molecule has 1 fully saturated rings. The zero-order chi connectivity index (χ0) is 23.3. The number of hydrogen-bond acceptors (Lipinski definition) is 7. The standard InChI is InChI=1S/C23H28N2O7/c1-14(15-9-10-19(20(11-15)29-2)32-16-7-5-6-8-16)24-23(26)17-12-21(30-3)22(31-4)13-18(17)25(27)28/h9-14,16H,5-8H2,1-4H3,(H,24,26). The van der Waals surface area contributed by atoms with Crippen LogP contribution in [0.5, 0.6) is 23.0 Å². The summed E-state index contributed by atoms with van der Waals surface area (Å²) in [6.07, 6.45) is 4.58. The lowest BCUT2D eigenvalue weighted by atomic mass is 10.1. The predicted octanol–water partition coefficient (Wildman–Crippen LogP) is 4.43. The predicted molar refractivity (Wildman–Crippen MR) is 118 cm³/mol. The van der Waals surface area contributed by atoms with Gasteiger partial charge >= 0.3 is 0 Å². The first-order valence-electron chi connectivity index (χ1n) is 10.4. The maximum Gasteiger partial charge on any atom is 0.286 e. The highest BCUT2D eigenvalue weighted by molar-refractivity contribution is 5.99. The molecule has 0 radical (unpaired) electrons. The van der Waals surface area contributed by atoms with Crippen molar-refractivity contribution in [2.24, 2.45) is 0 Å². The molecule has 2 aromatic rings. The van der Waals surface area contributed by atoms with Gasteiger partial charge in [-0.1, -0.05) is 6.07 Å². The molecule has 1 N–H and O–H groups in total. The van der Waals surface area contributed by atoms with Crippen LogP contribution < -0.4 is 24.3 Å². The molecule has 9 heteroatoms. The highest BCUT2D eigenvalue weighted by Gasteiger charge is 2.26. The van der Waals surface area contributed by atoms with Crippen molar-refractivity contribution < 1.29 is 28.7 Å². The van der Waals surface area contributed by atoms with E-state index in [0.717, 1.165) is 31.2 Å². The number of amides is 1. The van der Waals surface area contributed by atoms with E-state index in [4.69, 9.17) is 18.9 Å². The number of rotatable bonds is 9. The Hall–Kier alpha value is -3.49. The van der Waals surface area contributed by atoms with Crippen LogP contribution in [0.15, 0.2) is 30.3 Å². The van der Waals surface area contributed by atoms with Gasteiger partial charge in [0.15, 0.2) is 23.0 Å². The molecule has 9 nitrogen and oxygen atoms in total. The van der Waals surface area contributed by atoms with Crippen LogP contribution in [0.3, 0.4) is 0 Å². The lowest BCUT2D eigenvalue weighted by Crippen LogP contribution is -2.27. The minimum Gasteiger partial charge on any atom is -0.493 e. The van der Waals surface area contributed by atoms with Crippen LogP contribution in [0, 0.1) is 10.1 Å². The maximum absolute atomic E-state index is 12.9. The molecule has 2 aromatic carbocycles. The van der Waals surface area contributed by atoms with Gasteiger partial charge in [0.1, 0.15) is 5.56 Å². The zero-order valence-electron chi connectivity index (χ0n) is 18.7. The van der Waals surface area contributed by atoms with E-state index in [1.54, 1.807) is 20.1 Å². The number of benzene rings is 2. The number of nitro benzene ring substituents is 1. The van der Waals surface area contributed by atoms with Gasteiger partial charge in [-0.3, -0.25) is 14.9 Å². The van der Waals surface area contributed by atoms with Crippen LogP contribution in [-0.2, 0) is 0 Å². The number of methoxy groups -OCH3 is 3. The minimum absolute atomic E-state index is 0.118. The normalized spacial score (nSPS) is 14.5. The molecule has 3 rings (SSSR count). The third kappa shape index (κ3) is 5.04. The van der Waals surface area contributed by atoms with Gasteiger partial charge in [0.05, 0.1) is 44.5 Å². The molecule has 1 aliphatic rings. The zero-order valence-corrected chi connectivity index (χ0v) is 18.7. The summed E-state index contributed by atoms with van der Waals surface area (Å²) in [5.74, 6) is 1.04. The second-order valence-electron chi connectivity index (χ2n) is 7.61. The van der Waals surface area contributed by atoms with Crippen LogP contribution in [0.4, 0.5) is 5.69 Å². The molecule has 0 bridgehead atoms. The van der Waals surface area contributed by atoms with E-state index in [1.807, 2.05) is 12.1 Å². The topological polar surface area (TPSA) is 109 Å².